The van der Waals surface area contributed by atoms with E-state index in [1.165, 1.54) is 6.07 Å². The quantitative estimate of drug-likeness (QED) is 0.353. The minimum Gasteiger partial charge on any atom is -0.383 e. The number of hydrogen-bond donors (Lipinski definition) is 2. The molecule has 0 unspecified atom stereocenters. The number of hydrogen-bond acceptors (Lipinski definition) is 5. The molecule has 1 heterocycles. The predicted molar refractivity (Wildman–Crippen MR) is 134 cm³/mol. The van der Waals surface area contributed by atoms with Crippen molar-refractivity contribution in [2.75, 3.05) is 18.9 Å². The van der Waals surface area contributed by atoms with Crippen molar-refractivity contribution in [3.63, 3.8) is 0 Å². The Morgan fingerprint density at radius 1 is 1.09 bits per heavy atom. The van der Waals surface area contributed by atoms with Crippen molar-refractivity contribution in [3.05, 3.63) is 71.4 Å². The van der Waals surface area contributed by atoms with Crippen LogP contribution in [-0.2, 0) is 27.3 Å². The number of carbonyl (C=O) groups is 2. The zero-order valence-electron chi connectivity index (χ0n) is 19.2. The lowest BCUT2D eigenvalue weighted by atomic mass is 9.93. The molecular formula is C27H33F2N3O3. The Hall–Kier alpha value is -3.39. The van der Waals surface area contributed by atoms with Gasteiger partial charge in [-0.3, -0.25) is 9.59 Å². The molecule has 0 saturated carbocycles. The number of rotatable bonds is 12. The number of nitrogens with one attached hydrogen (secondary N) is 1. The van der Waals surface area contributed by atoms with Gasteiger partial charge in [0.1, 0.15) is 12.4 Å². The second-order valence-electron chi connectivity index (χ2n) is 8.27. The first-order valence-corrected chi connectivity index (χ1v) is 11.3. The first-order chi connectivity index (χ1) is 16.4. The fraction of sp³-hybridized carbons (Fsp3) is 0.370. The maximum Gasteiger partial charge on any atom is 0.224 e. The number of nitrogens with zero attached hydrogens (tertiary/aromatic N) is 1. The molecule has 2 aromatic carbocycles. The molecular weight excluding hydrogens is 452 g/mol. The summed E-state index contributed by atoms with van der Waals surface area (Å²) in [6.45, 7) is 2.66. The number of Topliss-reactive ketones (excluding diaryl/α,β-unsaturated/α-hetero) is 1. The van der Waals surface area contributed by atoms with E-state index in [0.29, 0.717) is 18.0 Å². The maximum absolute atomic E-state index is 13.7. The van der Waals surface area contributed by atoms with E-state index in [2.05, 4.69) is 10.3 Å². The number of nitrogens with two attached hydrogens (primary N) is 1. The van der Waals surface area contributed by atoms with Crippen LogP contribution in [0.1, 0.15) is 44.7 Å². The Bertz CT molecular complexity index is 1150. The van der Waals surface area contributed by atoms with Crippen molar-refractivity contribution in [3.8, 4) is 0 Å². The third-order valence-electron chi connectivity index (χ3n) is 5.54. The molecule has 0 spiro atoms. The van der Waals surface area contributed by atoms with Gasteiger partial charge in [0.25, 0.3) is 0 Å². The van der Waals surface area contributed by atoms with Gasteiger partial charge in [0.2, 0.25) is 5.91 Å². The number of aromatic nitrogens is 1. The summed E-state index contributed by atoms with van der Waals surface area (Å²) >= 11 is 0. The molecule has 188 valence electrons. The molecule has 0 aliphatic rings. The van der Waals surface area contributed by atoms with E-state index in [-0.39, 0.29) is 45.1 Å². The molecule has 1 aromatic heterocycles. The molecule has 0 bridgehead atoms. The summed E-state index contributed by atoms with van der Waals surface area (Å²) in [6.07, 6.45) is 3.46. The van der Waals surface area contributed by atoms with Crippen molar-refractivity contribution in [2.24, 2.45) is 5.92 Å². The van der Waals surface area contributed by atoms with Crippen LogP contribution in [0, 0.1) is 17.6 Å². The van der Waals surface area contributed by atoms with Crippen LogP contribution in [0.25, 0.3) is 10.8 Å². The van der Waals surface area contributed by atoms with Crippen LogP contribution in [0.5, 0.6) is 0 Å². The third kappa shape index (κ3) is 8.10. The molecule has 6 nitrogen and oxygen atoms in total. The van der Waals surface area contributed by atoms with Crippen molar-refractivity contribution in [1.82, 2.24) is 10.3 Å². The number of ketones is 1. The second-order valence-corrected chi connectivity index (χ2v) is 8.27. The fourth-order valence-corrected chi connectivity index (χ4v) is 3.67. The molecule has 1 amide bonds. The minimum absolute atomic E-state index is 0. The number of anilines is 1. The van der Waals surface area contributed by atoms with Crippen LogP contribution in [0.3, 0.4) is 0 Å². The van der Waals surface area contributed by atoms with E-state index in [4.69, 9.17) is 10.5 Å². The van der Waals surface area contributed by atoms with E-state index >= 15 is 0 Å². The van der Waals surface area contributed by atoms with Crippen molar-refractivity contribution in [1.29, 1.82) is 0 Å². The molecule has 35 heavy (non-hydrogen) atoms. The van der Waals surface area contributed by atoms with Crippen LogP contribution in [0.15, 0.2) is 48.7 Å². The predicted octanol–water partition coefficient (Wildman–Crippen LogP) is 4.98. The lowest BCUT2D eigenvalue weighted by molar-refractivity contribution is -0.131. The zero-order valence-corrected chi connectivity index (χ0v) is 19.2. The average Bonchev–Trinajstić information content (AvgIpc) is 2.82. The van der Waals surface area contributed by atoms with Gasteiger partial charge in [-0.05, 0) is 53.6 Å². The normalized spacial score (nSPS) is 11.6. The molecule has 3 N–H and O–H groups in total. The average molecular weight is 486 g/mol. The van der Waals surface area contributed by atoms with Gasteiger partial charge in [-0.1, -0.05) is 39.0 Å². The van der Waals surface area contributed by atoms with E-state index in [1.807, 2.05) is 31.2 Å². The Kier molecular flexibility index (Phi) is 10.7. The summed E-state index contributed by atoms with van der Waals surface area (Å²) in [4.78, 5) is 29.5. The number of nitrogen functional groups attached to an aromatic ring is 1. The summed E-state index contributed by atoms with van der Waals surface area (Å²) in [7, 11) is 0. The van der Waals surface area contributed by atoms with Gasteiger partial charge in [0.15, 0.2) is 17.4 Å². The molecule has 3 rings (SSSR count). The lowest BCUT2D eigenvalue weighted by Gasteiger charge is -2.17. The van der Waals surface area contributed by atoms with E-state index < -0.39 is 17.6 Å². The summed E-state index contributed by atoms with van der Waals surface area (Å²) in [5.74, 6) is -2.83. The molecule has 3 aromatic rings. The minimum atomic E-state index is -0.990. The zero-order chi connectivity index (χ0) is 24.5. The third-order valence-corrected chi connectivity index (χ3v) is 5.54. The highest BCUT2D eigenvalue weighted by Crippen LogP contribution is 2.21. The number of pyridine rings is 1. The molecule has 1 atom stereocenters. The molecule has 0 fully saturated rings. The van der Waals surface area contributed by atoms with Crippen molar-refractivity contribution < 1.29 is 23.1 Å². The standard InChI is InChI=1S/C26H29F2N3O3.CH4/c1-2-3-10-34-16-21(32)14-20(11-17-5-7-23(27)24(28)13-17)26(33)31-15-18-4-6-22-19(12-18)8-9-30-25(22)29;/h4-9,12-13,20H,2-3,10-11,14-16H2,1H3,(H2,29,30)(H,31,33);1H4/t20-;/m1./s1. The van der Waals surface area contributed by atoms with Crippen LogP contribution in [0.2, 0.25) is 0 Å². The second kappa shape index (κ2) is 13.5. The van der Waals surface area contributed by atoms with Crippen molar-refractivity contribution in [2.45, 2.75) is 46.6 Å². The SMILES string of the molecule is C.CCCCOCC(=O)C[C@@H](Cc1ccc(F)c(F)c1)C(=O)NCc1ccc2c(N)nccc2c1. The van der Waals surface area contributed by atoms with Gasteiger partial charge in [0.05, 0.1) is 0 Å². The largest absolute Gasteiger partial charge is 0.383 e. The van der Waals surface area contributed by atoms with Gasteiger partial charge in [-0.15, -0.1) is 0 Å². The lowest BCUT2D eigenvalue weighted by Crippen LogP contribution is -2.33. The van der Waals surface area contributed by atoms with Crippen LogP contribution in [-0.4, -0.2) is 29.9 Å². The molecule has 8 heteroatoms. The number of ether oxygens (including phenoxy) is 1. The Morgan fingerprint density at radius 2 is 1.86 bits per heavy atom. The Balaban J connectivity index is 0.00000432. The maximum atomic E-state index is 13.7. The molecule has 0 aliphatic heterocycles. The summed E-state index contributed by atoms with van der Waals surface area (Å²) in [5.41, 5.74) is 7.18. The highest BCUT2D eigenvalue weighted by molar-refractivity contribution is 5.91. The van der Waals surface area contributed by atoms with Gasteiger partial charge in [-0.25, -0.2) is 13.8 Å². The first kappa shape index (κ1) is 27.9. The van der Waals surface area contributed by atoms with Gasteiger partial charge < -0.3 is 15.8 Å². The number of amides is 1. The first-order valence-electron chi connectivity index (χ1n) is 11.3. The number of carbonyl (C=O) groups excluding carboxylic acids is 2. The van der Waals surface area contributed by atoms with Gasteiger partial charge in [-0.2, -0.15) is 0 Å². The van der Waals surface area contributed by atoms with Crippen LogP contribution >= 0.6 is 0 Å². The summed E-state index contributed by atoms with van der Waals surface area (Å²) in [6, 6.07) is 10.9. The summed E-state index contributed by atoms with van der Waals surface area (Å²) < 4.78 is 32.4. The number of unbranched alkanes of at least 4 members (excludes halogenated alkanes) is 1. The van der Waals surface area contributed by atoms with Crippen LogP contribution < -0.4 is 11.1 Å². The van der Waals surface area contributed by atoms with E-state index in [0.717, 1.165) is 41.3 Å². The Morgan fingerprint density at radius 3 is 2.60 bits per heavy atom. The smallest absolute Gasteiger partial charge is 0.224 e. The monoisotopic (exact) mass is 485 g/mol. The summed E-state index contributed by atoms with van der Waals surface area (Å²) in [5, 5.41) is 4.58. The topological polar surface area (TPSA) is 94.3 Å². The molecule has 0 saturated heterocycles. The van der Waals surface area contributed by atoms with Gasteiger partial charge in [0, 0.05) is 37.1 Å². The van der Waals surface area contributed by atoms with E-state index in [9.17, 15) is 18.4 Å². The van der Waals surface area contributed by atoms with Crippen LogP contribution in [0.4, 0.5) is 14.6 Å². The highest BCUT2D eigenvalue weighted by Gasteiger charge is 2.23. The van der Waals surface area contributed by atoms with E-state index in [1.54, 1.807) is 6.20 Å². The number of halogens is 2. The highest BCUT2D eigenvalue weighted by atomic mass is 19.2. The molecule has 0 radical (unpaired) electrons. The fourth-order valence-electron chi connectivity index (χ4n) is 3.67. The Labute approximate surface area is 204 Å². The number of benzene rings is 2. The van der Waals surface area contributed by atoms with Crippen molar-refractivity contribution >= 4 is 28.3 Å². The molecule has 0 aliphatic carbocycles. The number of fused-ring (bicyclic) bond motifs is 1. The van der Waals surface area contributed by atoms with Gasteiger partial charge >= 0.3 is 0 Å².